The van der Waals surface area contributed by atoms with Crippen molar-refractivity contribution >= 4 is 5.91 Å². The fourth-order valence-corrected chi connectivity index (χ4v) is 2.72. The van der Waals surface area contributed by atoms with Crippen molar-refractivity contribution in [3.05, 3.63) is 35.7 Å². The number of nitrogens with zero attached hydrogens (tertiary/aromatic N) is 3. The lowest BCUT2D eigenvalue weighted by Gasteiger charge is -2.22. The Labute approximate surface area is 147 Å². The average Bonchev–Trinajstić information content (AvgIpc) is 3.10. The summed E-state index contributed by atoms with van der Waals surface area (Å²) in [5, 5.41) is 12.5. The molecule has 2 unspecified atom stereocenters. The molecular formula is C17H18F3N3O3. The van der Waals surface area contributed by atoms with E-state index in [-0.39, 0.29) is 30.8 Å². The molecule has 1 aromatic carbocycles. The highest BCUT2D eigenvalue weighted by Crippen LogP contribution is 2.39. The summed E-state index contributed by atoms with van der Waals surface area (Å²) < 4.78 is 41.8. The third-order valence-corrected chi connectivity index (χ3v) is 4.36. The van der Waals surface area contributed by atoms with Gasteiger partial charge >= 0.3 is 12.1 Å². The Morgan fingerprint density at radius 3 is 2.50 bits per heavy atom. The van der Waals surface area contributed by atoms with Gasteiger partial charge in [-0.1, -0.05) is 36.3 Å². The van der Waals surface area contributed by atoms with Crippen LogP contribution in [0.1, 0.15) is 24.8 Å². The van der Waals surface area contributed by atoms with E-state index in [0.717, 1.165) is 12.0 Å². The van der Waals surface area contributed by atoms with Crippen molar-refractivity contribution < 1.29 is 27.6 Å². The quantitative estimate of drug-likeness (QED) is 0.847. The van der Waals surface area contributed by atoms with Crippen molar-refractivity contribution in [2.45, 2.75) is 26.1 Å². The van der Waals surface area contributed by atoms with E-state index < -0.39 is 12.1 Å². The van der Waals surface area contributed by atoms with Crippen LogP contribution in [0.4, 0.5) is 13.2 Å². The Kier molecular flexibility index (Phi) is 4.99. The topological polar surface area (TPSA) is 79.5 Å². The fraction of sp³-hybridized carbons (Fsp3) is 0.471. The molecule has 1 N–H and O–H groups in total. The van der Waals surface area contributed by atoms with Crippen LogP contribution >= 0.6 is 0 Å². The number of carbonyl (C=O) groups is 1. The van der Waals surface area contributed by atoms with Gasteiger partial charge in [0.05, 0.1) is 6.61 Å². The minimum absolute atomic E-state index is 0.0148. The first-order valence-electron chi connectivity index (χ1n) is 8.19. The van der Waals surface area contributed by atoms with Crippen molar-refractivity contribution in [2.75, 3.05) is 13.2 Å². The lowest BCUT2D eigenvalue weighted by atomic mass is 10.1. The molecule has 1 aliphatic carbocycles. The third-order valence-electron chi connectivity index (χ3n) is 4.36. The average molecular weight is 369 g/mol. The fourth-order valence-electron chi connectivity index (χ4n) is 2.72. The summed E-state index contributed by atoms with van der Waals surface area (Å²) in [6.07, 6.45) is -3.82. The molecule has 1 aliphatic rings. The molecule has 0 aliphatic heterocycles. The first-order valence-corrected chi connectivity index (χ1v) is 8.19. The van der Waals surface area contributed by atoms with E-state index >= 15 is 0 Å². The van der Waals surface area contributed by atoms with Crippen LogP contribution in [0, 0.1) is 11.8 Å². The van der Waals surface area contributed by atoms with Gasteiger partial charge in [0.1, 0.15) is 0 Å². The second kappa shape index (κ2) is 7.06. The van der Waals surface area contributed by atoms with Crippen LogP contribution in [0.5, 0.6) is 0 Å². The Balaban J connectivity index is 1.70. The second-order valence-corrected chi connectivity index (χ2v) is 6.42. The molecule has 2 atom stereocenters. The third kappa shape index (κ3) is 4.04. The van der Waals surface area contributed by atoms with Crippen LogP contribution < -0.4 is 0 Å². The predicted molar refractivity (Wildman–Crippen MR) is 84.5 cm³/mol. The van der Waals surface area contributed by atoms with E-state index in [2.05, 4.69) is 14.7 Å². The summed E-state index contributed by atoms with van der Waals surface area (Å²) >= 11 is 0. The number of aromatic nitrogens is 2. The summed E-state index contributed by atoms with van der Waals surface area (Å²) in [5.41, 5.74) is 1.17. The number of carbonyl (C=O) groups excluding carboxylic acids is 1. The Hall–Kier alpha value is -2.42. The van der Waals surface area contributed by atoms with Gasteiger partial charge < -0.3 is 14.5 Å². The van der Waals surface area contributed by atoms with Crippen molar-refractivity contribution in [3.8, 4) is 11.4 Å². The number of aliphatic hydroxyl groups is 1. The second-order valence-electron chi connectivity index (χ2n) is 6.42. The summed E-state index contributed by atoms with van der Waals surface area (Å²) in [6, 6.07) is 6.52. The molecule has 0 spiro atoms. The number of aliphatic hydroxyl groups excluding tert-OH is 1. The number of benzene rings is 1. The summed E-state index contributed by atoms with van der Waals surface area (Å²) in [5.74, 6) is -1.15. The largest absolute Gasteiger partial charge is 0.471 e. The summed E-state index contributed by atoms with van der Waals surface area (Å²) in [6.45, 7) is 2.44. The lowest BCUT2D eigenvalue weighted by Crippen LogP contribution is -2.34. The van der Waals surface area contributed by atoms with Gasteiger partial charge in [-0.25, -0.2) is 0 Å². The van der Waals surface area contributed by atoms with Crippen LogP contribution in [-0.2, 0) is 17.5 Å². The highest BCUT2D eigenvalue weighted by Gasteiger charge is 2.41. The predicted octanol–water partition coefficient (Wildman–Crippen LogP) is 2.73. The van der Waals surface area contributed by atoms with E-state index in [0.29, 0.717) is 18.0 Å². The number of amides is 1. The molecule has 1 fully saturated rings. The van der Waals surface area contributed by atoms with Crippen LogP contribution in [-0.4, -0.2) is 39.2 Å². The van der Waals surface area contributed by atoms with Crippen molar-refractivity contribution in [2.24, 2.45) is 11.8 Å². The maximum atomic E-state index is 12.5. The van der Waals surface area contributed by atoms with E-state index in [4.69, 9.17) is 0 Å². The standard InChI is InChI=1S/C17H18F3N3O3/c1-10-8-13(10)15(25)23(6-7-24)9-11-2-4-12(5-3-11)14-21-16(26-22-14)17(18,19)20/h2-5,10,13,24H,6-9H2,1H3. The van der Waals surface area contributed by atoms with Gasteiger partial charge in [0, 0.05) is 24.6 Å². The Morgan fingerprint density at radius 1 is 1.35 bits per heavy atom. The molecule has 1 amide bonds. The van der Waals surface area contributed by atoms with E-state index in [9.17, 15) is 23.1 Å². The maximum Gasteiger partial charge on any atom is 0.471 e. The van der Waals surface area contributed by atoms with Gasteiger partial charge in [-0.2, -0.15) is 18.2 Å². The van der Waals surface area contributed by atoms with Crippen LogP contribution in [0.2, 0.25) is 0 Å². The normalized spacial score (nSPS) is 19.4. The number of rotatable bonds is 6. The Morgan fingerprint density at radius 2 is 2.00 bits per heavy atom. The van der Waals surface area contributed by atoms with Crippen LogP contribution in [0.25, 0.3) is 11.4 Å². The first-order chi connectivity index (χ1) is 12.3. The van der Waals surface area contributed by atoms with Crippen molar-refractivity contribution in [3.63, 3.8) is 0 Å². The highest BCUT2D eigenvalue weighted by molar-refractivity contribution is 5.81. The zero-order valence-corrected chi connectivity index (χ0v) is 14.0. The maximum absolute atomic E-state index is 12.5. The number of alkyl halides is 3. The van der Waals surface area contributed by atoms with Crippen molar-refractivity contribution in [1.29, 1.82) is 0 Å². The van der Waals surface area contributed by atoms with Crippen molar-refractivity contribution in [1.82, 2.24) is 15.0 Å². The van der Waals surface area contributed by atoms with Gasteiger partial charge in [-0.15, -0.1) is 0 Å². The molecule has 1 heterocycles. The number of hydrogen-bond donors (Lipinski definition) is 1. The molecule has 1 saturated carbocycles. The molecule has 0 bridgehead atoms. The van der Waals surface area contributed by atoms with Crippen LogP contribution in [0.15, 0.2) is 28.8 Å². The SMILES string of the molecule is CC1CC1C(=O)N(CCO)Cc1ccc(-c2noc(C(F)(F)F)n2)cc1. The summed E-state index contributed by atoms with van der Waals surface area (Å²) in [4.78, 5) is 17.3. The summed E-state index contributed by atoms with van der Waals surface area (Å²) in [7, 11) is 0. The molecular weight excluding hydrogens is 351 g/mol. The molecule has 6 nitrogen and oxygen atoms in total. The minimum atomic E-state index is -4.68. The lowest BCUT2D eigenvalue weighted by molar-refractivity contribution is -0.159. The van der Waals surface area contributed by atoms with Gasteiger partial charge in [-0.05, 0) is 17.9 Å². The van der Waals surface area contributed by atoms with Gasteiger partial charge in [0.15, 0.2) is 0 Å². The zero-order valence-electron chi connectivity index (χ0n) is 14.0. The molecule has 0 saturated heterocycles. The van der Waals surface area contributed by atoms with Gasteiger partial charge in [-0.3, -0.25) is 4.79 Å². The highest BCUT2D eigenvalue weighted by atomic mass is 19.4. The van der Waals surface area contributed by atoms with Gasteiger partial charge in [0.25, 0.3) is 0 Å². The van der Waals surface area contributed by atoms with E-state index in [1.54, 1.807) is 29.2 Å². The van der Waals surface area contributed by atoms with Gasteiger partial charge in [0.2, 0.25) is 11.7 Å². The molecule has 9 heteroatoms. The first kappa shape index (κ1) is 18.4. The Bertz CT molecular complexity index is 774. The van der Waals surface area contributed by atoms with E-state index in [1.165, 1.54) is 0 Å². The molecule has 3 rings (SSSR count). The zero-order chi connectivity index (χ0) is 18.9. The molecule has 26 heavy (non-hydrogen) atoms. The number of hydrogen-bond acceptors (Lipinski definition) is 5. The monoisotopic (exact) mass is 369 g/mol. The molecule has 140 valence electrons. The molecule has 1 aromatic heterocycles. The smallest absolute Gasteiger partial charge is 0.395 e. The van der Waals surface area contributed by atoms with E-state index in [1.807, 2.05) is 6.92 Å². The molecule has 2 aromatic rings. The molecule has 0 radical (unpaired) electrons. The number of halogens is 3. The van der Waals surface area contributed by atoms with Crippen LogP contribution in [0.3, 0.4) is 0 Å². The minimum Gasteiger partial charge on any atom is -0.395 e.